The summed E-state index contributed by atoms with van der Waals surface area (Å²) in [5, 5.41) is 9.88. The number of benzene rings is 2. The zero-order valence-electron chi connectivity index (χ0n) is 8.59. The Morgan fingerprint density at radius 3 is 2.12 bits per heavy atom. The maximum Gasteiger partial charge on any atom is 0.154 e. The molecule has 0 aliphatic carbocycles. The lowest BCUT2D eigenvalue weighted by atomic mass is 10.0. The first-order chi connectivity index (χ1) is 8.08. The summed E-state index contributed by atoms with van der Waals surface area (Å²) in [5.74, 6) is 0.644. The van der Waals surface area contributed by atoms with Crippen molar-refractivity contribution in [3.05, 3.63) is 44.3 Å². The van der Waals surface area contributed by atoms with Crippen LogP contribution < -0.4 is 5.73 Å². The Balaban J connectivity index is 2.46. The van der Waals surface area contributed by atoms with Gasteiger partial charge in [-0.3, -0.25) is 5.41 Å². The van der Waals surface area contributed by atoms with E-state index in [1.807, 2.05) is 24.3 Å². The van der Waals surface area contributed by atoms with Gasteiger partial charge in [-0.25, -0.2) is 4.99 Å². The monoisotopic (exact) mass is 351 g/mol. The molecule has 1 aliphatic rings. The minimum atomic E-state index is 0.228. The number of fused-ring (bicyclic) bond motifs is 2. The summed E-state index contributed by atoms with van der Waals surface area (Å²) in [6, 6.07) is 7.87. The largest absolute Gasteiger partial charge is 0.383 e. The van der Waals surface area contributed by atoms with Gasteiger partial charge in [0.15, 0.2) is 5.84 Å². The van der Waals surface area contributed by atoms with Gasteiger partial charge in [-0.15, -0.1) is 0 Å². The molecule has 5 heteroatoms. The van der Waals surface area contributed by atoms with Crippen LogP contribution in [-0.4, -0.2) is 11.7 Å². The van der Waals surface area contributed by atoms with Crippen LogP contribution in [-0.2, 0) is 0 Å². The van der Waals surface area contributed by atoms with Crippen LogP contribution in [0.25, 0.3) is 10.8 Å². The molecule has 0 radical (unpaired) electrons. The summed E-state index contributed by atoms with van der Waals surface area (Å²) in [6.07, 6.45) is 0. The van der Waals surface area contributed by atoms with Crippen LogP contribution in [0.3, 0.4) is 0 Å². The van der Waals surface area contributed by atoms with Crippen molar-refractivity contribution in [1.29, 1.82) is 5.41 Å². The Bertz CT molecular complexity index is 704. The van der Waals surface area contributed by atoms with E-state index < -0.39 is 0 Å². The maximum absolute atomic E-state index is 7.77. The van der Waals surface area contributed by atoms with Crippen molar-refractivity contribution in [3.8, 4) is 0 Å². The van der Waals surface area contributed by atoms with Crippen LogP contribution in [0.2, 0.25) is 0 Å². The van der Waals surface area contributed by atoms with Crippen molar-refractivity contribution in [3.63, 3.8) is 0 Å². The maximum atomic E-state index is 7.77. The molecular weight excluding hydrogens is 346 g/mol. The molecule has 1 aliphatic heterocycles. The lowest BCUT2D eigenvalue weighted by Crippen LogP contribution is -2.10. The van der Waals surface area contributed by atoms with Gasteiger partial charge in [0, 0.05) is 20.1 Å². The fourth-order valence-electron chi connectivity index (χ4n) is 1.97. The summed E-state index contributed by atoms with van der Waals surface area (Å²) < 4.78 is 2.00. The zero-order chi connectivity index (χ0) is 12.2. The first-order valence-corrected chi connectivity index (χ1v) is 6.52. The van der Waals surface area contributed by atoms with Crippen LogP contribution in [0.1, 0.15) is 11.1 Å². The Hall–Kier alpha value is -1.20. The molecule has 0 saturated heterocycles. The van der Waals surface area contributed by atoms with Gasteiger partial charge in [0.2, 0.25) is 0 Å². The molecule has 3 rings (SSSR count). The predicted molar refractivity (Wildman–Crippen MR) is 76.9 cm³/mol. The second-order valence-electron chi connectivity index (χ2n) is 3.82. The highest BCUT2D eigenvalue weighted by molar-refractivity contribution is 9.11. The van der Waals surface area contributed by atoms with Gasteiger partial charge in [-0.2, -0.15) is 0 Å². The molecule has 0 bridgehead atoms. The van der Waals surface area contributed by atoms with Crippen LogP contribution in [0.5, 0.6) is 0 Å². The lowest BCUT2D eigenvalue weighted by molar-refractivity contribution is 1.45. The zero-order valence-corrected chi connectivity index (χ0v) is 11.8. The standard InChI is InChI=1S/C12H7Br2N3/c13-9-1-2-10(14)6-4-8-7(3-5(6)9)11(15)17-12(8)16/h1-4H,(H3,15,16,17). The average molecular weight is 353 g/mol. The molecular formula is C12H7Br2N3. The number of hydrogen-bond acceptors (Lipinski definition) is 2. The predicted octanol–water partition coefficient (Wildman–Crippen LogP) is 3.41. The van der Waals surface area contributed by atoms with Crippen molar-refractivity contribution in [2.75, 3.05) is 0 Å². The Labute approximate surface area is 114 Å². The SMILES string of the molecule is N=C1N=C(N)c2cc3c(Br)ccc(Br)c3cc21. The van der Waals surface area contributed by atoms with Crippen molar-refractivity contribution < 1.29 is 0 Å². The number of nitrogens with two attached hydrogens (primary N) is 1. The van der Waals surface area contributed by atoms with Gasteiger partial charge in [0.05, 0.1) is 0 Å². The number of nitrogens with zero attached hydrogens (tertiary/aromatic N) is 1. The second kappa shape index (κ2) is 3.65. The molecule has 17 heavy (non-hydrogen) atoms. The van der Waals surface area contributed by atoms with Crippen LogP contribution in [0.15, 0.2) is 38.2 Å². The summed E-state index contributed by atoms with van der Waals surface area (Å²) >= 11 is 7.03. The molecule has 2 aromatic carbocycles. The highest BCUT2D eigenvalue weighted by Gasteiger charge is 2.20. The van der Waals surface area contributed by atoms with Crippen LogP contribution in [0, 0.1) is 5.41 Å². The van der Waals surface area contributed by atoms with Gasteiger partial charge in [-0.1, -0.05) is 31.9 Å². The van der Waals surface area contributed by atoms with Gasteiger partial charge in [0.1, 0.15) is 5.84 Å². The van der Waals surface area contributed by atoms with Crippen molar-refractivity contribution in [1.82, 2.24) is 0 Å². The molecule has 0 fully saturated rings. The summed E-state index contributed by atoms with van der Waals surface area (Å²) in [5.41, 5.74) is 7.42. The quantitative estimate of drug-likeness (QED) is 0.749. The van der Waals surface area contributed by atoms with Crippen LogP contribution in [0.4, 0.5) is 0 Å². The number of halogens is 2. The van der Waals surface area contributed by atoms with Crippen molar-refractivity contribution in [2.45, 2.75) is 0 Å². The summed E-state index contributed by atoms with van der Waals surface area (Å²) in [7, 11) is 0. The van der Waals surface area contributed by atoms with Crippen LogP contribution >= 0.6 is 31.9 Å². The third-order valence-corrected chi connectivity index (χ3v) is 4.19. The summed E-state index contributed by atoms with van der Waals surface area (Å²) in [6.45, 7) is 0. The van der Waals surface area contributed by atoms with E-state index in [1.165, 1.54) is 0 Å². The number of hydrogen-bond donors (Lipinski definition) is 2. The fourth-order valence-corrected chi connectivity index (χ4v) is 2.89. The highest BCUT2D eigenvalue weighted by atomic mass is 79.9. The van der Waals surface area contributed by atoms with E-state index in [-0.39, 0.29) is 5.84 Å². The molecule has 1 heterocycles. The van der Waals surface area contributed by atoms with Gasteiger partial charge in [-0.05, 0) is 35.0 Å². The van der Waals surface area contributed by atoms with Gasteiger partial charge < -0.3 is 5.73 Å². The topological polar surface area (TPSA) is 62.2 Å². The van der Waals surface area contributed by atoms with E-state index in [1.54, 1.807) is 0 Å². The van der Waals surface area contributed by atoms with Gasteiger partial charge >= 0.3 is 0 Å². The third-order valence-electron chi connectivity index (χ3n) is 2.81. The highest BCUT2D eigenvalue weighted by Crippen LogP contribution is 2.33. The molecule has 3 N–H and O–H groups in total. The number of rotatable bonds is 0. The molecule has 0 atom stereocenters. The molecule has 0 spiro atoms. The van der Waals surface area contributed by atoms with Crippen molar-refractivity contribution in [2.24, 2.45) is 10.7 Å². The van der Waals surface area contributed by atoms with Crippen molar-refractivity contribution >= 4 is 54.3 Å². The van der Waals surface area contributed by atoms with E-state index in [9.17, 15) is 0 Å². The van der Waals surface area contributed by atoms with Gasteiger partial charge in [0.25, 0.3) is 0 Å². The van der Waals surface area contributed by atoms with E-state index in [0.29, 0.717) is 5.84 Å². The van der Waals surface area contributed by atoms with E-state index in [0.717, 1.165) is 30.8 Å². The fraction of sp³-hybridized carbons (Fsp3) is 0. The lowest BCUT2D eigenvalue weighted by Gasteiger charge is -2.07. The second-order valence-corrected chi connectivity index (χ2v) is 5.53. The number of aliphatic imine (C=N–C) groups is 1. The molecule has 2 aromatic rings. The Morgan fingerprint density at radius 2 is 1.53 bits per heavy atom. The smallest absolute Gasteiger partial charge is 0.154 e. The number of amidine groups is 2. The first-order valence-electron chi connectivity index (χ1n) is 4.93. The molecule has 0 saturated carbocycles. The molecule has 0 amide bonds. The van der Waals surface area contributed by atoms with E-state index >= 15 is 0 Å². The number of nitrogens with one attached hydrogen (secondary N) is 1. The molecule has 0 aromatic heterocycles. The Morgan fingerprint density at radius 1 is 1.00 bits per heavy atom. The van der Waals surface area contributed by atoms with E-state index in [2.05, 4.69) is 36.9 Å². The summed E-state index contributed by atoms with van der Waals surface area (Å²) in [4.78, 5) is 3.99. The third kappa shape index (κ3) is 1.53. The minimum Gasteiger partial charge on any atom is -0.383 e. The normalized spacial score (nSPS) is 14.0. The first kappa shape index (κ1) is 10.9. The molecule has 0 unspecified atom stereocenters. The molecule has 3 nitrogen and oxygen atoms in total. The Kier molecular flexibility index (Phi) is 2.34. The minimum absolute atomic E-state index is 0.228. The average Bonchev–Trinajstić information content (AvgIpc) is 2.58. The molecule has 84 valence electrons. The van der Waals surface area contributed by atoms with E-state index in [4.69, 9.17) is 11.1 Å².